The maximum absolute atomic E-state index is 13.8. The summed E-state index contributed by atoms with van der Waals surface area (Å²) in [5, 5.41) is 1.94. The standard InChI is InChI=1S/C18H10F4N2O2S/c1-8(25)16-15(9-5-3-2-4-6-9)23-18(27-16)24-17(26)12-13(21)10(19)7-11(20)14(12)22/h2-7H,1H3,(H,23,24,26). The van der Waals surface area contributed by atoms with Gasteiger partial charge in [-0.15, -0.1) is 0 Å². The molecule has 3 aromatic rings. The molecule has 0 spiro atoms. The molecule has 0 saturated carbocycles. The van der Waals surface area contributed by atoms with Gasteiger partial charge in [0.2, 0.25) is 0 Å². The zero-order valence-corrected chi connectivity index (χ0v) is 14.5. The molecule has 4 nitrogen and oxygen atoms in total. The van der Waals surface area contributed by atoms with E-state index in [1.807, 2.05) is 0 Å². The quantitative estimate of drug-likeness (QED) is 0.392. The highest BCUT2D eigenvalue weighted by molar-refractivity contribution is 7.18. The molecule has 0 fully saturated rings. The summed E-state index contributed by atoms with van der Waals surface area (Å²) in [4.78, 5) is 28.3. The zero-order valence-electron chi connectivity index (χ0n) is 13.6. The van der Waals surface area contributed by atoms with Gasteiger partial charge in [0.15, 0.2) is 34.2 Å². The smallest absolute Gasteiger partial charge is 0.263 e. The van der Waals surface area contributed by atoms with Gasteiger partial charge >= 0.3 is 0 Å². The number of nitrogens with one attached hydrogen (secondary N) is 1. The highest BCUT2D eigenvalue weighted by atomic mass is 32.1. The van der Waals surface area contributed by atoms with E-state index in [2.05, 4.69) is 10.3 Å². The molecule has 9 heteroatoms. The summed E-state index contributed by atoms with van der Waals surface area (Å²) in [7, 11) is 0. The number of hydrogen-bond acceptors (Lipinski definition) is 4. The lowest BCUT2D eigenvalue weighted by Gasteiger charge is -2.06. The molecule has 1 N–H and O–H groups in total. The Morgan fingerprint density at radius 2 is 1.59 bits per heavy atom. The number of nitrogens with zero attached hydrogens (tertiary/aromatic N) is 1. The second kappa shape index (κ2) is 7.28. The van der Waals surface area contributed by atoms with E-state index in [1.54, 1.807) is 30.3 Å². The lowest BCUT2D eigenvalue weighted by molar-refractivity contribution is 0.101. The molecule has 2 aromatic carbocycles. The van der Waals surface area contributed by atoms with Crippen LogP contribution in [0.1, 0.15) is 27.0 Å². The molecule has 0 radical (unpaired) electrons. The van der Waals surface area contributed by atoms with Crippen molar-refractivity contribution >= 4 is 28.2 Å². The Morgan fingerprint density at radius 3 is 2.15 bits per heavy atom. The Kier molecular flexibility index (Phi) is 5.04. The topological polar surface area (TPSA) is 59.1 Å². The number of amides is 1. The van der Waals surface area contributed by atoms with Crippen LogP contribution in [0.25, 0.3) is 11.3 Å². The van der Waals surface area contributed by atoms with Crippen LogP contribution in [0.15, 0.2) is 36.4 Å². The largest absolute Gasteiger partial charge is 0.298 e. The van der Waals surface area contributed by atoms with Crippen LogP contribution in [-0.4, -0.2) is 16.7 Å². The number of Topliss-reactive ketones (excluding diaryl/α,β-unsaturated/α-hetero) is 1. The number of anilines is 1. The van der Waals surface area contributed by atoms with Gasteiger partial charge < -0.3 is 0 Å². The normalized spacial score (nSPS) is 10.7. The molecule has 0 bridgehead atoms. The van der Waals surface area contributed by atoms with Crippen molar-refractivity contribution in [1.82, 2.24) is 4.98 Å². The van der Waals surface area contributed by atoms with Gasteiger partial charge in [-0.2, -0.15) is 0 Å². The first kappa shape index (κ1) is 18.7. The minimum atomic E-state index is -1.82. The van der Waals surface area contributed by atoms with E-state index in [1.165, 1.54) is 6.92 Å². The first-order valence-corrected chi connectivity index (χ1v) is 8.32. The van der Waals surface area contributed by atoms with E-state index in [9.17, 15) is 27.2 Å². The highest BCUT2D eigenvalue weighted by Crippen LogP contribution is 2.32. The molecule has 27 heavy (non-hydrogen) atoms. The molecular weight excluding hydrogens is 384 g/mol. The number of hydrogen-bond donors (Lipinski definition) is 1. The molecule has 0 aliphatic heterocycles. The van der Waals surface area contributed by atoms with Crippen LogP contribution >= 0.6 is 11.3 Å². The summed E-state index contributed by atoms with van der Waals surface area (Å²) >= 11 is 0.781. The summed E-state index contributed by atoms with van der Waals surface area (Å²) in [5.41, 5.74) is -0.545. The molecule has 0 aliphatic rings. The maximum Gasteiger partial charge on any atom is 0.263 e. The van der Waals surface area contributed by atoms with Gasteiger partial charge in [0.05, 0.1) is 10.6 Å². The first-order chi connectivity index (χ1) is 12.8. The van der Waals surface area contributed by atoms with Crippen molar-refractivity contribution in [2.75, 3.05) is 5.32 Å². The van der Waals surface area contributed by atoms with Gasteiger partial charge in [-0.1, -0.05) is 41.7 Å². The van der Waals surface area contributed by atoms with E-state index in [0.29, 0.717) is 5.56 Å². The molecule has 0 unspecified atom stereocenters. The Hall–Kier alpha value is -3.07. The molecule has 0 saturated heterocycles. The van der Waals surface area contributed by atoms with Gasteiger partial charge in [0, 0.05) is 18.6 Å². The third-order valence-electron chi connectivity index (χ3n) is 3.55. The SMILES string of the molecule is CC(=O)c1sc(NC(=O)c2c(F)c(F)cc(F)c2F)nc1-c1ccccc1. The zero-order chi connectivity index (χ0) is 19.7. The van der Waals surface area contributed by atoms with Gasteiger partial charge in [-0.25, -0.2) is 22.5 Å². The minimum absolute atomic E-state index is 0.00615. The van der Waals surface area contributed by atoms with Crippen molar-refractivity contribution in [1.29, 1.82) is 0 Å². The number of carbonyl (C=O) groups excluding carboxylic acids is 2. The lowest BCUT2D eigenvalue weighted by atomic mass is 10.1. The molecule has 138 valence electrons. The number of ketones is 1. The highest BCUT2D eigenvalue weighted by Gasteiger charge is 2.26. The molecule has 1 aromatic heterocycles. The van der Waals surface area contributed by atoms with E-state index in [4.69, 9.17) is 0 Å². The monoisotopic (exact) mass is 394 g/mol. The van der Waals surface area contributed by atoms with Gasteiger partial charge in [0.1, 0.15) is 5.56 Å². The van der Waals surface area contributed by atoms with Crippen molar-refractivity contribution in [3.05, 3.63) is 70.1 Å². The van der Waals surface area contributed by atoms with Crippen molar-refractivity contribution in [3.8, 4) is 11.3 Å². The van der Waals surface area contributed by atoms with E-state index < -0.39 is 34.7 Å². The summed E-state index contributed by atoms with van der Waals surface area (Å²) in [6.07, 6.45) is 0. The van der Waals surface area contributed by atoms with Crippen LogP contribution in [0.3, 0.4) is 0 Å². The van der Waals surface area contributed by atoms with Crippen LogP contribution in [0.5, 0.6) is 0 Å². The van der Waals surface area contributed by atoms with Crippen molar-refractivity contribution in [2.45, 2.75) is 6.92 Å². The molecule has 1 heterocycles. The Balaban J connectivity index is 2.00. The summed E-state index contributed by atoms with van der Waals surface area (Å²) in [6, 6.07) is 8.58. The average Bonchev–Trinajstić information content (AvgIpc) is 3.05. The maximum atomic E-state index is 13.8. The number of rotatable bonds is 4. The Morgan fingerprint density at radius 1 is 1.00 bits per heavy atom. The van der Waals surface area contributed by atoms with Crippen LogP contribution in [0.2, 0.25) is 0 Å². The number of halogens is 4. The number of aromatic nitrogens is 1. The van der Waals surface area contributed by atoms with Crippen molar-refractivity contribution < 1.29 is 27.2 Å². The van der Waals surface area contributed by atoms with Crippen molar-refractivity contribution in [3.63, 3.8) is 0 Å². The molecule has 0 atom stereocenters. The van der Waals surface area contributed by atoms with E-state index in [0.717, 1.165) is 11.3 Å². The van der Waals surface area contributed by atoms with Gasteiger partial charge in [-0.05, 0) is 0 Å². The minimum Gasteiger partial charge on any atom is -0.298 e. The molecule has 0 aliphatic carbocycles. The second-order valence-corrected chi connectivity index (χ2v) is 6.42. The first-order valence-electron chi connectivity index (χ1n) is 7.51. The third-order valence-corrected chi connectivity index (χ3v) is 4.63. The fourth-order valence-electron chi connectivity index (χ4n) is 2.34. The summed E-state index contributed by atoms with van der Waals surface area (Å²) < 4.78 is 54.1. The average molecular weight is 394 g/mol. The number of thiazole rings is 1. The van der Waals surface area contributed by atoms with Crippen LogP contribution < -0.4 is 5.32 Å². The fourth-order valence-corrected chi connectivity index (χ4v) is 3.21. The van der Waals surface area contributed by atoms with Gasteiger partial charge in [0.25, 0.3) is 5.91 Å². The third kappa shape index (κ3) is 3.59. The molecular formula is C18H10F4N2O2S. The predicted molar refractivity (Wildman–Crippen MR) is 91.8 cm³/mol. The van der Waals surface area contributed by atoms with E-state index >= 15 is 0 Å². The lowest BCUT2D eigenvalue weighted by Crippen LogP contribution is -2.17. The van der Waals surface area contributed by atoms with Crippen LogP contribution in [0.4, 0.5) is 22.7 Å². The van der Waals surface area contributed by atoms with Crippen LogP contribution in [-0.2, 0) is 0 Å². The number of benzene rings is 2. The Bertz CT molecular complexity index is 1030. The van der Waals surface area contributed by atoms with Gasteiger partial charge in [-0.3, -0.25) is 14.9 Å². The van der Waals surface area contributed by atoms with E-state index in [-0.39, 0.29) is 27.6 Å². The fraction of sp³-hybridized carbons (Fsp3) is 0.0556. The molecule has 3 rings (SSSR count). The van der Waals surface area contributed by atoms with Crippen molar-refractivity contribution in [2.24, 2.45) is 0 Å². The van der Waals surface area contributed by atoms with Crippen LogP contribution in [0, 0.1) is 23.3 Å². The predicted octanol–water partition coefficient (Wildman–Crippen LogP) is 4.82. The summed E-state index contributed by atoms with van der Waals surface area (Å²) in [5.74, 6) is -8.80. The number of carbonyl (C=O) groups is 2. The molecule has 1 amide bonds. The second-order valence-electron chi connectivity index (χ2n) is 5.42. The summed E-state index contributed by atoms with van der Waals surface area (Å²) in [6.45, 7) is 1.30. The Labute approximate surface area is 154 Å².